The molecule has 0 aliphatic carbocycles. The fourth-order valence-corrected chi connectivity index (χ4v) is 4.08. The van der Waals surface area contributed by atoms with Gasteiger partial charge in [0.2, 0.25) is 0 Å². The predicted molar refractivity (Wildman–Crippen MR) is 112 cm³/mol. The Morgan fingerprint density at radius 3 is 2.53 bits per heavy atom. The van der Waals surface area contributed by atoms with E-state index < -0.39 is 23.7 Å². The van der Waals surface area contributed by atoms with Gasteiger partial charge in [-0.1, -0.05) is 41.4 Å². The maximum Gasteiger partial charge on any atom is 0.323 e. The smallest absolute Gasteiger partial charge is 0.323 e. The molecule has 3 rings (SSSR count). The van der Waals surface area contributed by atoms with Crippen LogP contribution in [0.1, 0.15) is 16.7 Å². The Bertz CT molecular complexity index is 1100. The zero-order chi connectivity index (χ0) is 21.8. The second-order valence-electron chi connectivity index (χ2n) is 6.03. The molecule has 30 heavy (non-hydrogen) atoms. The van der Waals surface area contributed by atoms with E-state index in [1.54, 1.807) is 24.3 Å². The van der Waals surface area contributed by atoms with Gasteiger partial charge in [0.1, 0.15) is 13.2 Å². The monoisotopic (exact) mass is 462 g/mol. The number of halogens is 2. The summed E-state index contributed by atoms with van der Waals surface area (Å²) in [6.07, 6.45) is 1.40. The lowest BCUT2D eigenvalue weighted by Crippen LogP contribution is -2.33. The first-order valence-corrected chi connectivity index (χ1v) is 9.94. The topological polar surface area (TPSA) is 108 Å². The molecule has 0 saturated carbocycles. The van der Waals surface area contributed by atoms with Crippen LogP contribution < -0.4 is 4.74 Å². The quantitative estimate of drug-likeness (QED) is 0.626. The number of benzene rings is 2. The third-order valence-electron chi connectivity index (χ3n) is 4.00. The van der Waals surface area contributed by atoms with E-state index in [0.29, 0.717) is 33.4 Å². The fourth-order valence-electron chi connectivity index (χ4n) is 2.63. The highest BCUT2D eigenvalue weighted by Crippen LogP contribution is 2.37. The van der Waals surface area contributed by atoms with Crippen molar-refractivity contribution in [2.75, 3.05) is 6.54 Å². The first-order chi connectivity index (χ1) is 14.3. The predicted octanol–water partition coefficient (Wildman–Crippen LogP) is 4.56. The Hall–Kier alpha value is -2.99. The van der Waals surface area contributed by atoms with Crippen molar-refractivity contribution < 1.29 is 24.2 Å². The van der Waals surface area contributed by atoms with Crippen molar-refractivity contribution in [1.29, 1.82) is 5.26 Å². The highest BCUT2D eigenvalue weighted by atomic mass is 35.5. The molecule has 2 aromatic rings. The number of ether oxygens (including phenoxy) is 1. The molecule has 1 aliphatic rings. The van der Waals surface area contributed by atoms with Crippen molar-refractivity contribution in [2.24, 2.45) is 0 Å². The molecule has 1 heterocycles. The summed E-state index contributed by atoms with van der Waals surface area (Å²) in [7, 11) is 0. The highest BCUT2D eigenvalue weighted by Gasteiger charge is 2.36. The van der Waals surface area contributed by atoms with Crippen LogP contribution in [0.4, 0.5) is 4.79 Å². The van der Waals surface area contributed by atoms with Crippen molar-refractivity contribution >= 4 is 58.2 Å². The Morgan fingerprint density at radius 1 is 1.23 bits per heavy atom. The molecule has 0 bridgehead atoms. The Labute approximate surface area is 185 Å². The number of thioether (sulfide) groups is 1. The summed E-state index contributed by atoms with van der Waals surface area (Å²) in [5, 5.41) is 17.6. The Balaban J connectivity index is 1.80. The number of imide groups is 1. The van der Waals surface area contributed by atoms with Gasteiger partial charge in [-0.05, 0) is 41.6 Å². The summed E-state index contributed by atoms with van der Waals surface area (Å²) in [5.74, 6) is -1.78. The first-order valence-electron chi connectivity index (χ1n) is 8.37. The van der Waals surface area contributed by atoms with Gasteiger partial charge in [0.25, 0.3) is 11.1 Å². The molecule has 7 nitrogen and oxygen atoms in total. The highest BCUT2D eigenvalue weighted by molar-refractivity contribution is 8.18. The van der Waals surface area contributed by atoms with Gasteiger partial charge in [-0.25, -0.2) is 0 Å². The van der Waals surface area contributed by atoms with E-state index in [1.807, 2.05) is 0 Å². The summed E-state index contributed by atoms with van der Waals surface area (Å²) >= 11 is 13.2. The van der Waals surface area contributed by atoms with Crippen LogP contribution in [0.2, 0.25) is 10.0 Å². The van der Waals surface area contributed by atoms with Crippen LogP contribution in [0.3, 0.4) is 0 Å². The molecule has 1 fully saturated rings. The van der Waals surface area contributed by atoms with Crippen LogP contribution in [0.15, 0.2) is 41.3 Å². The number of nitriles is 1. The Morgan fingerprint density at radius 2 is 1.90 bits per heavy atom. The van der Waals surface area contributed by atoms with E-state index in [2.05, 4.69) is 6.07 Å². The third kappa shape index (κ3) is 4.76. The van der Waals surface area contributed by atoms with E-state index >= 15 is 0 Å². The third-order valence-corrected chi connectivity index (χ3v) is 5.46. The van der Waals surface area contributed by atoms with Gasteiger partial charge < -0.3 is 9.84 Å². The molecule has 10 heteroatoms. The maximum absolute atomic E-state index is 12.2. The minimum atomic E-state index is -1.29. The molecule has 0 atom stereocenters. The lowest BCUT2D eigenvalue weighted by Gasteiger charge is -2.12. The molecule has 2 aromatic carbocycles. The number of carbonyl (C=O) groups excluding carboxylic acids is 2. The molecule has 0 unspecified atom stereocenters. The number of hydrogen-bond acceptors (Lipinski definition) is 6. The summed E-state index contributed by atoms with van der Waals surface area (Å²) in [6.45, 7) is -0.628. The van der Waals surface area contributed by atoms with Crippen molar-refractivity contribution in [3.8, 4) is 11.8 Å². The number of carboxylic acids is 1. The standard InChI is InChI=1S/C20H12Cl2N2O5S/c21-14-5-11(7-16-19(27)24(9-17(25)26)20(28)30-16)6-15(22)18(14)29-10-13-4-2-1-3-12(13)8-23/h1-7H,9-10H2,(H,25,26)/b16-7+. The molecule has 1 N–H and O–H groups in total. The van der Waals surface area contributed by atoms with Gasteiger partial charge in [0.05, 0.1) is 26.6 Å². The molecule has 0 spiro atoms. The number of rotatable bonds is 6. The van der Waals surface area contributed by atoms with Crippen LogP contribution in [-0.2, 0) is 16.2 Å². The van der Waals surface area contributed by atoms with Gasteiger partial charge in [0, 0.05) is 5.56 Å². The number of aliphatic carboxylic acids is 1. The van der Waals surface area contributed by atoms with Gasteiger partial charge in [-0.2, -0.15) is 5.26 Å². The summed E-state index contributed by atoms with van der Waals surface area (Å²) in [5.41, 5.74) is 1.58. The lowest BCUT2D eigenvalue weighted by atomic mass is 10.1. The van der Waals surface area contributed by atoms with Crippen molar-refractivity contribution in [2.45, 2.75) is 6.61 Å². The molecule has 2 amide bonds. The van der Waals surface area contributed by atoms with E-state index in [1.165, 1.54) is 18.2 Å². The molecule has 152 valence electrons. The number of hydrogen-bond donors (Lipinski definition) is 1. The maximum atomic E-state index is 12.2. The van der Waals surface area contributed by atoms with E-state index in [0.717, 1.165) is 0 Å². The van der Waals surface area contributed by atoms with Crippen LogP contribution in [0.25, 0.3) is 6.08 Å². The van der Waals surface area contributed by atoms with Gasteiger partial charge in [-0.15, -0.1) is 0 Å². The zero-order valence-corrected chi connectivity index (χ0v) is 17.4. The number of carboxylic acid groups (broad SMARTS) is 1. The summed E-state index contributed by atoms with van der Waals surface area (Å²) < 4.78 is 5.68. The first kappa shape index (κ1) is 21.7. The molecule has 0 radical (unpaired) electrons. The minimum Gasteiger partial charge on any atom is -0.486 e. The second-order valence-corrected chi connectivity index (χ2v) is 7.84. The van der Waals surface area contributed by atoms with Gasteiger partial charge in [0.15, 0.2) is 5.75 Å². The SMILES string of the molecule is N#Cc1ccccc1COc1c(Cl)cc(/C=C2/SC(=O)N(CC(=O)O)C2=O)cc1Cl. The minimum absolute atomic E-state index is 0.0602. The van der Waals surface area contributed by atoms with Crippen molar-refractivity contribution in [1.82, 2.24) is 4.90 Å². The van der Waals surface area contributed by atoms with Gasteiger partial charge in [-0.3, -0.25) is 19.3 Å². The number of amides is 2. The normalized spacial score (nSPS) is 14.8. The summed E-state index contributed by atoms with van der Waals surface area (Å²) in [6, 6.07) is 12.0. The van der Waals surface area contributed by atoms with Gasteiger partial charge >= 0.3 is 5.97 Å². The van der Waals surface area contributed by atoms with E-state index in [-0.39, 0.29) is 27.3 Å². The average Bonchev–Trinajstić information content (AvgIpc) is 2.94. The largest absolute Gasteiger partial charge is 0.486 e. The second kappa shape index (κ2) is 9.22. The van der Waals surface area contributed by atoms with Crippen molar-refractivity contribution in [3.05, 3.63) is 68.0 Å². The average molecular weight is 463 g/mol. The van der Waals surface area contributed by atoms with Crippen LogP contribution in [-0.4, -0.2) is 33.7 Å². The molecule has 0 aromatic heterocycles. The summed E-state index contributed by atoms with van der Waals surface area (Å²) in [4.78, 5) is 35.6. The molecular formula is C20H12Cl2N2O5S. The number of carbonyl (C=O) groups is 3. The lowest BCUT2D eigenvalue weighted by molar-refractivity contribution is -0.140. The van der Waals surface area contributed by atoms with Crippen molar-refractivity contribution in [3.63, 3.8) is 0 Å². The van der Waals surface area contributed by atoms with E-state index in [4.69, 9.17) is 38.3 Å². The van der Waals surface area contributed by atoms with E-state index in [9.17, 15) is 14.4 Å². The van der Waals surface area contributed by atoms with Crippen LogP contribution >= 0.6 is 35.0 Å². The zero-order valence-electron chi connectivity index (χ0n) is 15.1. The fraction of sp³-hybridized carbons (Fsp3) is 0.100. The molecule has 1 saturated heterocycles. The molecule has 1 aliphatic heterocycles. The Kier molecular flexibility index (Phi) is 6.67. The molecular weight excluding hydrogens is 451 g/mol. The number of nitrogens with zero attached hydrogens (tertiary/aromatic N) is 2. The van der Waals surface area contributed by atoms with Crippen LogP contribution in [0.5, 0.6) is 5.75 Å². The van der Waals surface area contributed by atoms with Crippen LogP contribution in [0, 0.1) is 11.3 Å².